The predicted molar refractivity (Wildman–Crippen MR) is 73.4 cm³/mol. The van der Waals surface area contributed by atoms with Crippen LogP contribution in [0, 0.1) is 0 Å². The van der Waals surface area contributed by atoms with Crippen LogP contribution >= 0.6 is 0 Å². The van der Waals surface area contributed by atoms with E-state index in [-0.39, 0.29) is 11.6 Å². The molecule has 0 unspecified atom stereocenters. The lowest BCUT2D eigenvalue weighted by molar-refractivity contribution is 0.366. The Labute approximate surface area is 118 Å². The van der Waals surface area contributed by atoms with Crippen molar-refractivity contribution in [3.8, 4) is 0 Å². The van der Waals surface area contributed by atoms with Gasteiger partial charge in [0.2, 0.25) is 5.09 Å². The zero-order chi connectivity index (χ0) is 14.6. The molecule has 20 heavy (non-hydrogen) atoms. The fraction of sp³-hybridized carbons (Fsp3) is 0.385. The maximum Gasteiger partial charge on any atom is 0.276 e. The summed E-state index contributed by atoms with van der Waals surface area (Å²) in [6, 6.07) is 6.58. The first-order valence-electron chi connectivity index (χ1n) is 6.32. The maximum absolute atomic E-state index is 12.3. The summed E-state index contributed by atoms with van der Waals surface area (Å²) >= 11 is 0. The minimum absolute atomic E-state index is 0.0561. The molecule has 0 amide bonds. The van der Waals surface area contributed by atoms with Crippen LogP contribution in [0.15, 0.2) is 44.5 Å². The Morgan fingerprint density at radius 1 is 1.25 bits per heavy atom. The molecule has 2 aromatic heterocycles. The third kappa shape index (κ3) is 3.30. The Balaban J connectivity index is 2.10. The van der Waals surface area contributed by atoms with Crippen molar-refractivity contribution < 1.29 is 17.3 Å². The number of hydrogen-bond acceptors (Lipinski definition) is 5. The first kappa shape index (κ1) is 14.8. The van der Waals surface area contributed by atoms with Crippen molar-refractivity contribution in [2.45, 2.75) is 25.1 Å². The number of furan rings is 2. The fourth-order valence-corrected chi connectivity index (χ4v) is 2.76. The minimum atomic E-state index is -3.64. The Kier molecular flexibility index (Phi) is 4.64. The van der Waals surface area contributed by atoms with E-state index >= 15 is 0 Å². The van der Waals surface area contributed by atoms with Crippen molar-refractivity contribution in [2.24, 2.45) is 0 Å². The molecule has 2 rings (SSSR count). The van der Waals surface area contributed by atoms with E-state index in [1.165, 1.54) is 23.7 Å². The molecule has 0 saturated heterocycles. The lowest BCUT2D eigenvalue weighted by atomic mass is 10.4. The highest BCUT2D eigenvalue weighted by Gasteiger charge is 2.25. The van der Waals surface area contributed by atoms with E-state index in [0.717, 1.165) is 6.54 Å². The van der Waals surface area contributed by atoms with Crippen molar-refractivity contribution in [3.63, 3.8) is 0 Å². The molecule has 0 bridgehead atoms. The summed E-state index contributed by atoms with van der Waals surface area (Å²) in [5.41, 5.74) is 0. The Hall–Kier alpha value is -1.57. The Bertz CT molecular complexity index is 631. The van der Waals surface area contributed by atoms with Crippen LogP contribution in [0.2, 0.25) is 0 Å². The monoisotopic (exact) mass is 298 g/mol. The maximum atomic E-state index is 12.3. The molecule has 0 aliphatic rings. The van der Waals surface area contributed by atoms with Gasteiger partial charge in [-0.25, -0.2) is 8.42 Å². The Morgan fingerprint density at radius 3 is 2.70 bits per heavy atom. The summed E-state index contributed by atoms with van der Waals surface area (Å²) in [4.78, 5) is 0. The highest BCUT2D eigenvalue weighted by Crippen LogP contribution is 2.19. The van der Waals surface area contributed by atoms with Gasteiger partial charge in [0.25, 0.3) is 10.0 Å². The molecule has 0 spiro atoms. The summed E-state index contributed by atoms with van der Waals surface area (Å²) in [5.74, 6) is 1.17. The van der Waals surface area contributed by atoms with E-state index in [2.05, 4.69) is 5.32 Å². The summed E-state index contributed by atoms with van der Waals surface area (Å²) in [6.07, 6.45) is 1.51. The number of sulfonamides is 1. The molecule has 0 saturated carbocycles. The average Bonchev–Trinajstić information content (AvgIpc) is 3.07. The summed E-state index contributed by atoms with van der Waals surface area (Å²) < 4.78 is 36.3. The summed E-state index contributed by atoms with van der Waals surface area (Å²) in [6.45, 7) is 3.44. The average molecular weight is 298 g/mol. The van der Waals surface area contributed by atoms with Gasteiger partial charge < -0.3 is 14.2 Å². The molecular formula is C13H18N2O4S. The van der Waals surface area contributed by atoms with Crippen LogP contribution < -0.4 is 5.32 Å². The van der Waals surface area contributed by atoms with E-state index < -0.39 is 10.0 Å². The van der Waals surface area contributed by atoms with E-state index in [1.54, 1.807) is 18.2 Å². The van der Waals surface area contributed by atoms with Gasteiger partial charge in [0, 0.05) is 7.05 Å². The highest BCUT2D eigenvalue weighted by molar-refractivity contribution is 7.88. The SMILES string of the molecule is CCNCc1ccc(S(=O)(=O)N(C)Cc2ccco2)o1. The molecule has 0 aromatic carbocycles. The van der Waals surface area contributed by atoms with Crippen molar-refractivity contribution in [3.05, 3.63) is 42.0 Å². The molecule has 7 heteroatoms. The van der Waals surface area contributed by atoms with Crippen molar-refractivity contribution in [1.29, 1.82) is 0 Å². The van der Waals surface area contributed by atoms with Gasteiger partial charge in [-0.3, -0.25) is 0 Å². The lowest BCUT2D eigenvalue weighted by Crippen LogP contribution is -2.26. The zero-order valence-corrected chi connectivity index (χ0v) is 12.3. The van der Waals surface area contributed by atoms with Crippen LogP contribution in [-0.2, 0) is 23.1 Å². The van der Waals surface area contributed by atoms with Crippen LogP contribution in [0.5, 0.6) is 0 Å². The van der Waals surface area contributed by atoms with E-state index in [0.29, 0.717) is 18.1 Å². The van der Waals surface area contributed by atoms with Gasteiger partial charge in [0.1, 0.15) is 11.5 Å². The molecular weight excluding hydrogens is 280 g/mol. The second kappa shape index (κ2) is 6.25. The molecule has 2 aromatic rings. The van der Waals surface area contributed by atoms with Gasteiger partial charge in [0.15, 0.2) is 0 Å². The van der Waals surface area contributed by atoms with Gasteiger partial charge in [0.05, 0.1) is 19.4 Å². The third-order valence-electron chi connectivity index (χ3n) is 2.81. The molecule has 0 atom stereocenters. The largest absolute Gasteiger partial charge is 0.468 e. The zero-order valence-electron chi connectivity index (χ0n) is 11.5. The molecule has 2 heterocycles. The molecule has 0 radical (unpaired) electrons. The highest BCUT2D eigenvalue weighted by atomic mass is 32.2. The van der Waals surface area contributed by atoms with Crippen molar-refractivity contribution >= 4 is 10.0 Å². The van der Waals surface area contributed by atoms with Crippen LogP contribution in [0.25, 0.3) is 0 Å². The van der Waals surface area contributed by atoms with Gasteiger partial charge >= 0.3 is 0 Å². The topological polar surface area (TPSA) is 75.7 Å². The molecule has 0 fully saturated rings. The molecule has 0 aliphatic carbocycles. The minimum Gasteiger partial charge on any atom is -0.468 e. The quantitative estimate of drug-likeness (QED) is 0.843. The van der Waals surface area contributed by atoms with E-state index in [4.69, 9.17) is 8.83 Å². The Morgan fingerprint density at radius 2 is 2.05 bits per heavy atom. The number of nitrogens with zero attached hydrogens (tertiary/aromatic N) is 1. The number of nitrogens with one attached hydrogen (secondary N) is 1. The van der Waals surface area contributed by atoms with Gasteiger partial charge in [-0.2, -0.15) is 4.31 Å². The number of hydrogen-bond donors (Lipinski definition) is 1. The normalized spacial score (nSPS) is 12.2. The van der Waals surface area contributed by atoms with Crippen molar-refractivity contribution in [1.82, 2.24) is 9.62 Å². The molecule has 110 valence electrons. The van der Waals surface area contributed by atoms with Crippen molar-refractivity contribution in [2.75, 3.05) is 13.6 Å². The smallest absolute Gasteiger partial charge is 0.276 e. The second-order valence-electron chi connectivity index (χ2n) is 4.34. The number of rotatable bonds is 7. The van der Waals surface area contributed by atoms with E-state index in [9.17, 15) is 8.42 Å². The standard InChI is InChI=1S/C13H18N2O4S/c1-3-14-9-11-6-7-13(19-11)20(16,17)15(2)10-12-5-4-8-18-12/h4-8,14H,3,9-10H2,1-2H3. The fourth-order valence-electron chi connectivity index (χ4n) is 1.70. The van der Waals surface area contributed by atoms with Crippen LogP contribution in [0.4, 0.5) is 0 Å². The van der Waals surface area contributed by atoms with Gasteiger partial charge in [-0.15, -0.1) is 0 Å². The third-order valence-corrected chi connectivity index (χ3v) is 4.49. The van der Waals surface area contributed by atoms with Gasteiger partial charge in [-0.05, 0) is 30.8 Å². The van der Waals surface area contributed by atoms with E-state index in [1.807, 2.05) is 6.92 Å². The van der Waals surface area contributed by atoms with Crippen LogP contribution in [-0.4, -0.2) is 26.3 Å². The first-order chi connectivity index (χ1) is 9.54. The van der Waals surface area contributed by atoms with Crippen LogP contribution in [0.3, 0.4) is 0 Å². The lowest BCUT2D eigenvalue weighted by Gasteiger charge is -2.13. The summed E-state index contributed by atoms with van der Waals surface area (Å²) in [7, 11) is -2.15. The first-order valence-corrected chi connectivity index (χ1v) is 7.76. The predicted octanol–water partition coefficient (Wildman–Crippen LogP) is 1.80. The molecule has 6 nitrogen and oxygen atoms in total. The molecule has 0 aliphatic heterocycles. The van der Waals surface area contributed by atoms with Gasteiger partial charge in [-0.1, -0.05) is 6.92 Å². The summed E-state index contributed by atoms with van der Waals surface area (Å²) in [5, 5.41) is 3.02. The second-order valence-corrected chi connectivity index (χ2v) is 6.32. The molecule has 1 N–H and O–H groups in total. The van der Waals surface area contributed by atoms with Crippen LogP contribution in [0.1, 0.15) is 18.4 Å².